The highest BCUT2D eigenvalue weighted by Gasteiger charge is 2.29. The monoisotopic (exact) mass is 551 g/mol. The summed E-state index contributed by atoms with van der Waals surface area (Å²) in [4.78, 5) is 37.7. The highest BCUT2D eigenvalue weighted by molar-refractivity contribution is 5.85. The molecule has 218 valence electrons. The van der Waals surface area contributed by atoms with Crippen LogP contribution < -0.4 is 16.0 Å². The van der Waals surface area contributed by atoms with Crippen molar-refractivity contribution < 1.29 is 23.9 Å². The standard InChI is InChI=1S/C32H45N3O5/c1-5-6-7-13-20-33-29(36)28(19-12-14-21-34-30(37)40-32(2,3)4)35-31(38)39-22-27-25-17-10-8-15-23(25)24-16-9-11-18-26(24)27/h8-11,15-18,27-28H,5-7,12-14,19-22H2,1-4H3,(H,33,36)(H,34,37)(H,35,38)/t28-/m0/s1. The molecule has 8 nitrogen and oxygen atoms in total. The second kappa shape index (κ2) is 15.3. The molecule has 3 rings (SSSR count). The van der Waals surface area contributed by atoms with E-state index >= 15 is 0 Å². The van der Waals surface area contributed by atoms with Gasteiger partial charge in [-0.1, -0.05) is 74.7 Å². The summed E-state index contributed by atoms with van der Waals surface area (Å²) < 4.78 is 10.9. The molecule has 0 bridgehead atoms. The Labute approximate surface area is 238 Å². The summed E-state index contributed by atoms with van der Waals surface area (Å²) in [6, 6.07) is 15.6. The van der Waals surface area contributed by atoms with Gasteiger partial charge in [-0.15, -0.1) is 0 Å². The molecule has 0 saturated heterocycles. The van der Waals surface area contributed by atoms with Gasteiger partial charge in [0.05, 0.1) is 0 Å². The van der Waals surface area contributed by atoms with Crippen LogP contribution in [0.25, 0.3) is 11.1 Å². The lowest BCUT2D eigenvalue weighted by Crippen LogP contribution is -2.47. The molecule has 0 heterocycles. The molecule has 1 aliphatic carbocycles. The number of hydrogen-bond donors (Lipinski definition) is 3. The van der Waals surface area contributed by atoms with Gasteiger partial charge in [0.2, 0.25) is 5.91 Å². The Bertz CT molecular complexity index is 1080. The highest BCUT2D eigenvalue weighted by Crippen LogP contribution is 2.44. The van der Waals surface area contributed by atoms with Crippen LogP contribution in [0, 0.1) is 0 Å². The third-order valence-corrected chi connectivity index (χ3v) is 6.87. The van der Waals surface area contributed by atoms with Crippen LogP contribution >= 0.6 is 0 Å². The molecular weight excluding hydrogens is 506 g/mol. The Balaban J connectivity index is 1.53. The molecule has 0 aliphatic heterocycles. The maximum atomic E-state index is 13.0. The average Bonchev–Trinajstić information content (AvgIpc) is 3.23. The minimum absolute atomic E-state index is 0.0529. The van der Waals surface area contributed by atoms with E-state index in [9.17, 15) is 14.4 Å². The van der Waals surface area contributed by atoms with Crippen LogP contribution in [0.5, 0.6) is 0 Å². The van der Waals surface area contributed by atoms with E-state index < -0.39 is 23.8 Å². The lowest BCUT2D eigenvalue weighted by Gasteiger charge is -2.21. The summed E-state index contributed by atoms with van der Waals surface area (Å²) in [5.74, 6) is -0.270. The number of rotatable bonds is 14. The summed E-state index contributed by atoms with van der Waals surface area (Å²) in [7, 11) is 0. The summed E-state index contributed by atoms with van der Waals surface area (Å²) in [6.07, 6.45) is 4.83. The lowest BCUT2D eigenvalue weighted by atomic mass is 9.98. The summed E-state index contributed by atoms with van der Waals surface area (Å²) in [5, 5.41) is 8.47. The molecule has 1 atom stereocenters. The first-order valence-electron chi connectivity index (χ1n) is 14.6. The first kappa shape index (κ1) is 31.0. The van der Waals surface area contributed by atoms with Crippen LogP contribution in [-0.4, -0.2) is 49.4 Å². The van der Waals surface area contributed by atoms with Crippen LogP contribution in [0.1, 0.15) is 89.7 Å². The van der Waals surface area contributed by atoms with Gasteiger partial charge in [-0.2, -0.15) is 0 Å². The largest absolute Gasteiger partial charge is 0.449 e. The van der Waals surface area contributed by atoms with Crippen LogP contribution in [0.2, 0.25) is 0 Å². The van der Waals surface area contributed by atoms with E-state index in [0.29, 0.717) is 32.4 Å². The maximum absolute atomic E-state index is 13.0. The predicted molar refractivity (Wildman–Crippen MR) is 157 cm³/mol. The quantitative estimate of drug-likeness (QED) is 0.240. The molecule has 3 N–H and O–H groups in total. The van der Waals surface area contributed by atoms with E-state index in [0.717, 1.165) is 47.9 Å². The molecule has 2 aromatic rings. The fraction of sp³-hybridized carbons (Fsp3) is 0.531. The molecule has 0 unspecified atom stereocenters. The van der Waals surface area contributed by atoms with Gasteiger partial charge in [-0.3, -0.25) is 4.79 Å². The van der Waals surface area contributed by atoms with Gasteiger partial charge in [0.25, 0.3) is 0 Å². The van der Waals surface area contributed by atoms with Crippen molar-refractivity contribution in [3.63, 3.8) is 0 Å². The van der Waals surface area contributed by atoms with E-state index in [1.165, 1.54) is 0 Å². The predicted octanol–water partition coefficient (Wildman–Crippen LogP) is 6.29. The Morgan fingerprint density at radius 1 is 0.800 bits per heavy atom. The fourth-order valence-corrected chi connectivity index (χ4v) is 4.92. The van der Waals surface area contributed by atoms with Crippen LogP contribution in [0.15, 0.2) is 48.5 Å². The van der Waals surface area contributed by atoms with Gasteiger partial charge in [-0.05, 0) is 68.7 Å². The van der Waals surface area contributed by atoms with Crippen LogP contribution in [-0.2, 0) is 14.3 Å². The Morgan fingerprint density at radius 3 is 2.02 bits per heavy atom. The zero-order valence-corrected chi connectivity index (χ0v) is 24.4. The van der Waals surface area contributed by atoms with Crippen molar-refractivity contribution in [1.82, 2.24) is 16.0 Å². The zero-order chi connectivity index (χ0) is 29.0. The summed E-state index contributed by atoms with van der Waals surface area (Å²) >= 11 is 0. The van der Waals surface area contributed by atoms with E-state index in [1.54, 1.807) is 0 Å². The first-order chi connectivity index (χ1) is 19.2. The number of alkyl carbamates (subject to hydrolysis) is 2. The van der Waals surface area contributed by atoms with Gasteiger partial charge < -0.3 is 25.4 Å². The van der Waals surface area contributed by atoms with Crippen molar-refractivity contribution in [2.75, 3.05) is 19.7 Å². The van der Waals surface area contributed by atoms with Crippen molar-refractivity contribution >= 4 is 18.1 Å². The second-order valence-electron chi connectivity index (χ2n) is 11.3. The molecule has 2 aromatic carbocycles. The van der Waals surface area contributed by atoms with Crippen molar-refractivity contribution in [2.45, 2.75) is 90.2 Å². The van der Waals surface area contributed by atoms with E-state index in [-0.39, 0.29) is 18.4 Å². The molecule has 0 fully saturated rings. The van der Waals surface area contributed by atoms with Gasteiger partial charge in [0.15, 0.2) is 0 Å². The Hall–Kier alpha value is -3.55. The summed E-state index contributed by atoms with van der Waals surface area (Å²) in [5.41, 5.74) is 4.03. The molecule has 0 spiro atoms. The van der Waals surface area contributed by atoms with Crippen molar-refractivity contribution in [3.05, 3.63) is 59.7 Å². The molecule has 0 aromatic heterocycles. The topological polar surface area (TPSA) is 106 Å². The molecule has 3 amide bonds. The van der Waals surface area contributed by atoms with Crippen molar-refractivity contribution in [2.24, 2.45) is 0 Å². The number of benzene rings is 2. The smallest absolute Gasteiger partial charge is 0.407 e. The lowest BCUT2D eigenvalue weighted by molar-refractivity contribution is -0.123. The minimum atomic E-state index is -0.719. The number of fused-ring (bicyclic) bond motifs is 3. The minimum Gasteiger partial charge on any atom is -0.449 e. The van der Waals surface area contributed by atoms with Gasteiger partial charge in [0, 0.05) is 19.0 Å². The molecular formula is C32H45N3O5. The van der Waals surface area contributed by atoms with Crippen LogP contribution in [0.4, 0.5) is 9.59 Å². The molecule has 0 radical (unpaired) electrons. The third kappa shape index (κ3) is 9.57. The first-order valence-corrected chi connectivity index (χ1v) is 14.6. The number of hydrogen-bond acceptors (Lipinski definition) is 5. The number of nitrogens with one attached hydrogen (secondary N) is 3. The summed E-state index contributed by atoms with van der Waals surface area (Å²) in [6.45, 7) is 8.76. The normalized spacial score (nSPS) is 13.1. The van der Waals surface area contributed by atoms with Crippen molar-refractivity contribution in [1.29, 1.82) is 0 Å². The number of ether oxygens (including phenoxy) is 2. The van der Waals surface area contributed by atoms with Gasteiger partial charge >= 0.3 is 12.2 Å². The van der Waals surface area contributed by atoms with Crippen molar-refractivity contribution in [3.8, 4) is 11.1 Å². The maximum Gasteiger partial charge on any atom is 0.407 e. The van der Waals surface area contributed by atoms with Gasteiger partial charge in [0.1, 0.15) is 18.2 Å². The number of carbonyl (C=O) groups is 3. The van der Waals surface area contributed by atoms with Gasteiger partial charge in [-0.25, -0.2) is 9.59 Å². The third-order valence-electron chi connectivity index (χ3n) is 6.87. The Morgan fingerprint density at radius 2 is 1.40 bits per heavy atom. The van der Waals surface area contributed by atoms with E-state index in [4.69, 9.17) is 9.47 Å². The molecule has 1 aliphatic rings. The fourth-order valence-electron chi connectivity index (χ4n) is 4.92. The highest BCUT2D eigenvalue weighted by atomic mass is 16.6. The number of carbonyl (C=O) groups excluding carboxylic acids is 3. The molecule has 40 heavy (non-hydrogen) atoms. The average molecular weight is 552 g/mol. The Kier molecular flexibility index (Phi) is 11.8. The van der Waals surface area contributed by atoms with E-state index in [1.807, 2.05) is 45.0 Å². The van der Waals surface area contributed by atoms with Crippen LogP contribution in [0.3, 0.4) is 0 Å². The molecule has 0 saturated carbocycles. The second-order valence-corrected chi connectivity index (χ2v) is 11.3. The van der Waals surface area contributed by atoms with E-state index in [2.05, 4.69) is 47.1 Å². The molecule has 8 heteroatoms. The number of amides is 3. The zero-order valence-electron chi connectivity index (χ0n) is 24.4. The number of unbranched alkanes of at least 4 members (excludes halogenated alkanes) is 4. The SMILES string of the molecule is CCCCCCNC(=O)[C@H](CCCCNC(=O)OC(C)(C)C)NC(=O)OCC1c2ccccc2-c2ccccc21.